The Morgan fingerprint density at radius 1 is 1.39 bits per heavy atom. The highest BCUT2D eigenvalue weighted by molar-refractivity contribution is 7.98. The van der Waals surface area contributed by atoms with Gasteiger partial charge >= 0.3 is 0 Å². The monoisotopic (exact) mass is 329 g/mol. The smallest absolute Gasteiger partial charge is 0.272 e. The van der Waals surface area contributed by atoms with Gasteiger partial charge in [0, 0.05) is 11.8 Å². The second kappa shape index (κ2) is 6.12. The molecule has 3 aromatic rings. The summed E-state index contributed by atoms with van der Waals surface area (Å²) in [6.07, 6.45) is 3.86. The van der Waals surface area contributed by atoms with Crippen LogP contribution >= 0.6 is 11.8 Å². The summed E-state index contributed by atoms with van der Waals surface area (Å²) in [6.45, 7) is 5.75. The van der Waals surface area contributed by atoms with E-state index in [2.05, 4.69) is 10.3 Å². The quantitative estimate of drug-likeness (QED) is 0.741. The van der Waals surface area contributed by atoms with Gasteiger partial charge in [0.05, 0.1) is 11.6 Å². The van der Waals surface area contributed by atoms with Gasteiger partial charge < -0.3 is 9.73 Å². The van der Waals surface area contributed by atoms with Crippen LogP contribution in [-0.2, 0) is 0 Å². The third-order valence-corrected chi connectivity index (χ3v) is 4.46. The van der Waals surface area contributed by atoms with Crippen molar-refractivity contribution in [2.24, 2.45) is 0 Å². The molecule has 0 aliphatic carbocycles. The van der Waals surface area contributed by atoms with Gasteiger partial charge in [-0.1, -0.05) is 17.8 Å². The van der Waals surface area contributed by atoms with Crippen LogP contribution in [0, 0.1) is 13.8 Å². The molecule has 23 heavy (non-hydrogen) atoms. The van der Waals surface area contributed by atoms with Crippen LogP contribution in [0.1, 0.15) is 40.5 Å². The molecule has 0 radical (unpaired) electrons. The highest BCUT2D eigenvalue weighted by atomic mass is 32.2. The Bertz CT molecular complexity index is 866. The van der Waals surface area contributed by atoms with Crippen LogP contribution in [-0.4, -0.2) is 21.5 Å². The Hall–Kier alpha value is -2.21. The summed E-state index contributed by atoms with van der Waals surface area (Å²) < 4.78 is 7.47. The number of thioether (sulfide) groups is 1. The number of pyridine rings is 1. The van der Waals surface area contributed by atoms with Crippen molar-refractivity contribution in [3.63, 3.8) is 0 Å². The highest BCUT2D eigenvalue weighted by Crippen LogP contribution is 2.23. The Kier molecular flexibility index (Phi) is 4.17. The second-order valence-corrected chi connectivity index (χ2v) is 6.24. The first-order chi connectivity index (χ1) is 11.0. The van der Waals surface area contributed by atoms with Gasteiger partial charge in [-0.25, -0.2) is 4.98 Å². The van der Waals surface area contributed by atoms with Gasteiger partial charge in [0.25, 0.3) is 5.91 Å². The summed E-state index contributed by atoms with van der Waals surface area (Å²) in [5, 5.41) is 3.81. The van der Waals surface area contributed by atoms with E-state index < -0.39 is 0 Å². The van der Waals surface area contributed by atoms with Gasteiger partial charge in [0.2, 0.25) is 0 Å². The fourth-order valence-electron chi connectivity index (χ4n) is 2.74. The number of carbonyl (C=O) groups is 1. The van der Waals surface area contributed by atoms with Gasteiger partial charge in [-0.05, 0) is 45.2 Å². The van der Waals surface area contributed by atoms with Crippen molar-refractivity contribution in [2.75, 3.05) is 6.26 Å². The van der Waals surface area contributed by atoms with Crippen LogP contribution in [0.25, 0.3) is 5.52 Å². The predicted molar refractivity (Wildman–Crippen MR) is 91.0 cm³/mol. The first-order valence-electron chi connectivity index (χ1n) is 7.40. The Morgan fingerprint density at radius 2 is 2.17 bits per heavy atom. The summed E-state index contributed by atoms with van der Waals surface area (Å²) in [5.74, 6) is 1.49. The van der Waals surface area contributed by atoms with Crippen LogP contribution in [0.3, 0.4) is 0 Å². The van der Waals surface area contributed by atoms with Crippen LogP contribution in [0.5, 0.6) is 0 Å². The number of amides is 1. The second-order valence-electron chi connectivity index (χ2n) is 5.47. The maximum absolute atomic E-state index is 12.7. The molecule has 3 rings (SSSR count). The van der Waals surface area contributed by atoms with Crippen molar-refractivity contribution < 1.29 is 9.21 Å². The van der Waals surface area contributed by atoms with E-state index in [0.29, 0.717) is 5.69 Å². The lowest BCUT2D eigenvalue weighted by molar-refractivity contribution is 0.0936. The van der Waals surface area contributed by atoms with Crippen LogP contribution in [0.15, 0.2) is 40.0 Å². The van der Waals surface area contributed by atoms with E-state index in [1.807, 2.05) is 61.9 Å². The minimum Gasteiger partial charge on any atom is -0.466 e. The molecule has 6 heteroatoms. The number of aryl methyl sites for hydroxylation is 2. The molecule has 3 aromatic heterocycles. The first-order valence-corrected chi connectivity index (χ1v) is 8.62. The molecule has 0 aromatic carbocycles. The molecule has 1 unspecified atom stereocenters. The molecule has 0 saturated carbocycles. The van der Waals surface area contributed by atoms with E-state index in [-0.39, 0.29) is 11.9 Å². The van der Waals surface area contributed by atoms with E-state index in [4.69, 9.17) is 4.42 Å². The topological polar surface area (TPSA) is 59.5 Å². The number of fused-ring (bicyclic) bond motifs is 1. The maximum Gasteiger partial charge on any atom is 0.272 e. The molecule has 3 heterocycles. The highest BCUT2D eigenvalue weighted by Gasteiger charge is 2.20. The lowest BCUT2D eigenvalue weighted by Gasteiger charge is -2.12. The fraction of sp³-hybridized carbons (Fsp3) is 0.294. The number of imidazole rings is 1. The van der Waals surface area contributed by atoms with Gasteiger partial charge in [-0.2, -0.15) is 0 Å². The number of nitrogens with zero attached hydrogens (tertiary/aromatic N) is 2. The minimum absolute atomic E-state index is 0.141. The molecule has 0 spiro atoms. The zero-order chi connectivity index (χ0) is 16.6. The molecule has 1 N–H and O–H groups in total. The Morgan fingerprint density at radius 3 is 2.83 bits per heavy atom. The van der Waals surface area contributed by atoms with Gasteiger partial charge in [0.1, 0.15) is 11.5 Å². The molecule has 120 valence electrons. The van der Waals surface area contributed by atoms with Crippen molar-refractivity contribution in [1.29, 1.82) is 0 Å². The Labute approximate surface area is 139 Å². The summed E-state index contributed by atoms with van der Waals surface area (Å²) in [6, 6.07) is 7.55. The molecular formula is C17H19N3O2S. The zero-order valence-electron chi connectivity index (χ0n) is 13.6. The number of hydrogen-bond acceptors (Lipinski definition) is 4. The summed E-state index contributed by atoms with van der Waals surface area (Å²) in [4.78, 5) is 17.1. The van der Waals surface area contributed by atoms with Crippen LogP contribution in [0.4, 0.5) is 0 Å². The molecular weight excluding hydrogens is 310 g/mol. The molecule has 0 aliphatic heterocycles. The van der Waals surface area contributed by atoms with Gasteiger partial charge in [-0.15, -0.1) is 0 Å². The molecule has 1 atom stereocenters. The van der Waals surface area contributed by atoms with Crippen molar-refractivity contribution in [2.45, 2.75) is 32.0 Å². The molecule has 1 amide bonds. The standard InChI is InChI=1S/C17H19N3O2S/c1-10-9-13(12(3)22-10)11(2)18-16(21)15-14-7-5-6-8-20(14)17(19-15)23-4/h5-9,11H,1-4H3,(H,18,21). The van der Waals surface area contributed by atoms with E-state index >= 15 is 0 Å². The fourth-order valence-corrected chi connectivity index (χ4v) is 3.28. The number of furan rings is 1. The van der Waals surface area contributed by atoms with E-state index in [0.717, 1.165) is 27.8 Å². The summed E-state index contributed by atoms with van der Waals surface area (Å²) >= 11 is 1.51. The SMILES string of the molecule is CSc1nc(C(=O)NC(C)c2cc(C)oc2C)c2ccccn12. The Balaban J connectivity index is 1.90. The van der Waals surface area contributed by atoms with E-state index in [9.17, 15) is 4.79 Å². The summed E-state index contributed by atoms with van der Waals surface area (Å²) in [7, 11) is 0. The molecule has 0 fully saturated rings. The van der Waals surface area contributed by atoms with Crippen molar-refractivity contribution >= 4 is 23.2 Å². The molecule has 0 bridgehead atoms. The number of nitrogens with one attached hydrogen (secondary N) is 1. The van der Waals surface area contributed by atoms with Crippen LogP contribution in [0.2, 0.25) is 0 Å². The first kappa shape index (κ1) is 15.7. The van der Waals surface area contributed by atoms with Gasteiger partial charge in [0.15, 0.2) is 10.9 Å². The molecule has 0 aliphatic rings. The van der Waals surface area contributed by atoms with Crippen molar-refractivity contribution in [3.8, 4) is 0 Å². The van der Waals surface area contributed by atoms with Gasteiger partial charge in [-0.3, -0.25) is 9.20 Å². The minimum atomic E-state index is -0.181. The molecule has 0 saturated heterocycles. The average molecular weight is 329 g/mol. The maximum atomic E-state index is 12.7. The average Bonchev–Trinajstić information content (AvgIpc) is 3.07. The predicted octanol–water partition coefficient (Wildman–Crippen LogP) is 3.76. The normalized spacial score (nSPS) is 12.5. The van der Waals surface area contributed by atoms with E-state index in [1.165, 1.54) is 11.8 Å². The lowest BCUT2D eigenvalue weighted by Crippen LogP contribution is -2.27. The van der Waals surface area contributed by atoms with E-state index in [1.54, 1.807) is 0 Å². The summed E-state index contributed by atoms with van der Waals surface area (Å²) in [5.41, 5.74) is 2.24. The number of carbonyl (C=O) groups excluding carboxylic acids is 1. The molecule has 5 nitrogen and oxygen atoms in total. The number of hydrogen-bond donors (Lipinski definition) is 1. The van der Waals surface area contributed by atoms with Crippen LogP contribution < -0.4 is 5.32 Å². The largest absolute Gasteiger partial charge is 0.466 e. The van der Waals surface area contributed by atoms with Crippen molar-refractivity contribution in [1.82, 2.24) is 14.7 Å². The lowest BCUT2D eigenvalue weighted by atomic mass is 10.1. The van der Waals surface area contributed by atoms with Crippen molar-refractivity contribution in [3.05, 3.63) is 53.2 Å². The zero-order valence-corrected chi connectivity index (χ0v) is 14.4. The third-order valence-electron chi connectivity index (χ3n) is 3.81. The third kappa shape index (κ3) is 2.86. The number of rotatable bonds is 4. The number of aromatic nitrogens is 2.